The van der Waals surface area contributed by atoms with Crippen LogP contribution in [-0.2, 0) is 12.8 Å². The number of hydrogen-bond acceptors (Lipinski definition) is 3. The quantitative estimate of drug-likeness (QED) is 0.703. The van der Waals surface area contributed by atoms with Crippen LogP contribution in [0, 0.1) is 0 Å². The van der Waals surface area contributed by atoms with Gasteiger partial charge in [0.1, 0.15) is 0 Å². The van der Waals surface area contributed by atoms with Gasteiger partial charge in [-0.3, -0.25) is 4.99 Å². The van der Waals surface area contributed by atoms with E-state index in [9.17, 15) is 5.11 Å². The molecule has 3 aromatic carbocycles. The molecule has 0 unspecified atom stereocenters. The van der Waals surface area contributed by atoms with Crippen LogP contribution in [0.2, 0.25) is 0 Å². The van der Waals surface area contributed by atoms with Gasteiger partial charge < -0.3 is 9.84 Å². The minimum Gasteiger partial charge on any atom is -0.504 e. The predicted molar refractivity (Wildman–Crippen MR) is 97.9 cm³/mol. The molecule has 3 nitrogen and oxygen atoms in total. The molecular formula is C21H19NO2. The fourth-order valence-corrected chi connectivity index (χ4v) is 3.40. The summed E-state index contributed by atoms with van der Waals surface area (Å²) in [5, 5.41) is 12.8. The molecule has 4 rings (SSSR count). The van der Waals surface area contributed by atoms with Crippen LogP contribution in [0.15, 0.2) is 53.5 Å². The number of aliphatic imine (C=N–C) groups is 1. The van der Waals surface area contributed by atoms with Gasteiger partial charge in [0.05, 0.1) is 12.3 Å². The van der Waals surface area contributed by atoms with Gasteiger partial charge in [0, 0.05) is 17.2 Å². The summed E-state index contributed by atoms with van der Waals surface area (Å²) in [5.41, 5.74) is 4.39. The predicted octanol–water partition coefficient (Wildman–Crippen LogP) is 4.79. The van der Waals surface area contributed by atoms with Gasteiger partial charge in [-0.25, -0.2) is 0 Å². The first-order valence-corrected chi connectivity index (χ1v) is 8.30. The third-order valence-corrected chi connectivity index (χ3v) is 4.53. The van der Waals surface area contributed by atoms with Gasteiger partial charge in [0.25, 0.3) is 0 Å². The van der Waals surface area contributed by atoms with Crippen molar-refractivity contribution in [2.45, 2.75) is 19.8 Å². The Labute approximate surface area is 141 Å². The number of benzene rings is 3. The summed E-state index contributed by atoms with van der Waals surface area (Å²) in [6.07, 6.45) is 3.92. The average Bonchev–Trinajstić information content (AvgIpc) is 3.02. The Bertz CT molecular complexity index is 934. The van der Waals surface area contributed by atoms with Crippen LogP contribution >= 0.6 is 0 Å². The second kappa shape index (κ2) is 6.00. The first kappa shape index (κ1) is 14.8. The van der Waals surface area contributed by atoms with E-state index in [0.717, 1.165) is 18.5 Å². The van der Waals surface area contributed by atoms with Gasteiger partial charge in [-0.15, -0.1) is 0 Å². The number of rotatable bonds is 4. The standard InChI is InChI=1S/C21H19NO2/c1-2-24-19-8-4-6-16(21(19)23)13-22-18-12-11-15-10-9-14-5-3-7-17(18)20(14)15/h3-8,11-13,23H,2,9-10H2,1H3. The minimum absolute atomic E-state index is 0.133. The minimum atomic E-state index is 0.133. The molecule has 0 heterocycles. The smallest absolute Gasteiger partial charge is 0.166 e. The van der Waals surface area contributed by atoms with Crippen molar-refractivity contribution < 1.29 is 9.84 Å². The highest BCUT2D eigenvalue weighted by atomic mass is 16.5. The zero-order chi connectivity index (χ0) is 16.5. The van der Waals surface area contributed by atoms with Crippen molar-refractivity contribution in [3.05, 3.63) is 65.2 Å². The number of aromatic hydroxyl groups is 1. The van der Waals surface area contributed by atoms with Crippen molar-refractivity contribution in [2.75, 3.05) is 6.61 Å². The molecule has 0 spiro atoms. The summed E-state index contributed by atoms with van der Waals surface area (Å²) in [6, 6.07) is 16.1. The lowest BCUT2D eigenvalue weighted by Gasteiger charge is -2.08. The molecule has 0 aliphatic heterocycles. The summed E-state index contributed by atoms with van der Waals surface area (Å²) < 4.78 is 5.43. The van der Waals surface area contributed by atoms with Gasteiger partial charge in [-0.1, -0.05) is 30.3 Å². The van der Waals surface area contributed by atoms with Crippen LogP contribution in [0.4, 0.5) is 5.69 Å². The molecule has 3 aromatic rings. The van der Waals surface area contributed by atoms with Gasteiger partial charge in [-0.05, 0) is 54.5 Å². The average molecular weight is 317 g/mol. The number of ether oxygens (including phenoxy) is 1. The molecule has 0 amide bonds. The van der Waals surface area contributed by atoms with Crippen molar-refractivity contribution in [3.8, 4) is 11.5 Å². The highest BCUT2D eigenvalue weighted by Crippen LogP contribution is 2.36. The van der Waals surface area contributed by atoms with E-state index in [-0.39, 0.29) is 5.75 Å². The molecule has 0 aromatic heterocycles. The van der Waals surface area contributed by atoms with Gasteiger partial charge in [0.2, 0.25) is 0 Å². The van der Waals surface area contributed by atoms with Crippen LogP contribution in [0.1, 0.15) is 23.6 Å². The molecule has 3 heteroatoms. The zero-order valence-corrected chi connectivity index (χ0v) is 13.6. The molecule has 0 saturated heterocycles. The normalized spacial score (nSPS) is 13.0. The number of hydrogen-bond donors (Lipinski definition) is 1. The maximum absolute atomic E-state index is 10.3. The first-order valence-electron chi connectivity index (χ1n) is 8.30. The van der Waals surface area contributed by atoms with E-state index in [1.165, 1.54) is 21.9 Å². The Morgan fingerprint density at radius 3 is 2.67 bits per heavy atom. The lowest BCUT2D eigenvalue weighted by Crippen LogP contribution is -1.93. The summed E-state index contributed by atoms with van der Waals surface area (Å²) >= 11 is 0. The largest absolute Gasteiger partial charge is 0.504 e. The van der Waals surface area contributed by atoms with E-state index in [1.807, 2.05) is 19.1 Å². The highest BCUT2D eigenvalue weighted by Gasteiger charge is 2.15. The fraction of sp³-hybridized carbons (Fsp3) is 0.190. The zero-order valence-electron chi connectivity index (χ0n) is 13.6. The summed E-state index contributed by atoms with van der Waals surface area (Å²) in [7, 11) is 0. The number of para-hydroxylation sites is 1. The van der Waals surface area contributed by atoms with Crippen molar-refractivity contribution in [1.82, 2.24) is 0 Å². The van der Waals surface area contributed by atoms with Gasteiger partial charge in [-0.2, -0.15) is 0 Å². The third-order valence-electron chi connectivity index (χ3n) is 4.53. The summed E-state index contributed by atoms with van der Waals surface area (Å²) in [4.78, 5) is 4.64. The molecule has 0 bridgehead atoms. The Morgan fingerprint density at radius 1 is 1.04 bits per heavy atom. The van der Waals surface area contributed by atoms with Crippen LogP contribution in [-0.4, -0.2) is 17.9 Å². The number of phenolic OH excluding ortho intramolecular Hbond substituents is 1. The van der Waals surface area contributed by atoms with Crippen LogP contribution < -0.4 is 4.74 Å². The van der Waals surface area contributed by atoms with Crippen LogP contribution in [0.5, 0.6) is 11.5 Å². The number of nitrogens with zero attached hydrogens (tertiary/aromatic N) is 1. The molecule has 24 heavy (non-hydrogen) atoms. The Morgan fingerprint density at radius 2 is 1.83 bits per heavy atom. The van der Waals surface area contributed by atoms with Crippen molar-refractivity contribution in [1.29, 1.82) is 0 Å². The van der Waals surface area contributed by atoms with E-state index in [4.69, 9.17) is 4.74 Å². The van der Waals surface area contributed by atoms with Crippen molar-refractivity contribution in [2.24, 2.45) is 4.99 Å². The maximum Gasteiger partial charge on any atom is 0.166 e. The lowest BCUT2D eigenvalue weighted by atomic mass is 10.0. The molecule has 0 saturated carbocycles. The summed E-state index contributed by atoms with van der Waals surface area (Å²) in [5.74, 6) is 0.621. The second-order valence-electron chi connectivity index (χ2n) is 5.97. The van der Waals surface area contributed by atoms with E-state index in [0.29, 0.717) is 17.9 Å². The monoisotopic (exact) mass is 317 g/mol. The first-order chi connectivity index (χ1) is 11.8. The molecule has 1 N–H and O–H groups in total. The molecule has 0 fully saturated rings. The Balaban J connectivity index is 1.76. The van der Waals surface area contributed by atoms with Crippen molar-refractivity contribution in [3.63, 3.8) is 0 Å². The third kappa shape index (κ3) is 2.42. The van der Waals surface area contributed by atoms with Gasteiger partial charge in [0.15, 0.2) is 11.5 Å². The van der Waals surface area contributed by atoms with E-state index >= 15 is 0 Å². The number of aryl methyl sites for hydroxylation is 2. The molecule has 0 atom stereocenters. The topological polar surface area (TPSA) is 41.8 Å². The molecule has 1 aliphatic rings. The molecule has 120 valence electrons. The van der Waals surface area contributed by atoms with Crippen LogP contribution in [0.25, 0.3) is 10.8 Å². The van der Waals surface area contributed by atoms with Crippen LogP contribution in [0.3, 0.4) is 0 Å². The highest BCUT2D eigenvalue weighted by molar-refractivity contribution is 6.00. The van der Waals surface area contributed by atoms with E-state index in [1.54, 1.807) is 12.3 Å². The van der Waals surface area contributed by atoms with E-state index < -0.39 is 0 Å². The number of phenols is 1. The summed E-state index contributed by atoms with van der Waals surface area (Å²) in [6.45, 7) is 2.41. The SMILES string of the molecule is CCOc1cccc(C=Nc2ccc3c4c(cccc24)CC3)c1O. The fourth-order valence-electron chi connectivity index (χ4n) is 3.40. The second-order valence-corrected chi connectivity index (χ2v) is 5.97. The molecule has 1 aliphatic carbocycles. The Hall–Kier alpha value is -2.81. The van der Waals surface area contributed by atoms with Crippen molar-refractivity contribution >= 4 is 22.7 Å². The van der Waals surface area contributed by atoms with Gasteiger partial charge >= 0.3 is 0 Å². The maximum atomic E-state index is 10.3. The molecular weight excluding hydrogens is 298 g/mol. The molecule has 0 radical (unpaired) electrons. The lowest BCUT2D eigenvalue weighted by molar-refractivity contribution is 0.318. The Kier molecular flexibility index (Phi) is 3.69. The van der Waals surface area contributed by atoms with E-state index in [2.05, 4.69) is 35.3 Å².